The van der Waals surface area contributed by atoms with Crippen molar-refractivity contribution >= 4 is 0 Å². The number of hydrogen-bond acceptors (Lipinski definition) is 3. The Kier molecular flexibility index (Phi) is 7.37. The SMILES string of the molecule is C=CC(O)c1ccccc1C(c1ccccc1C(O)C=C)c1ccccc1C(O)C=C. The first kappa shape index (κ1) is 22.4. The number of aliphatic hydroxyl groups excluding tert-OH is 3. The minimum absolute atomic E-state index is 0.359. The van der Waals surface area contributed by atoms with Crippen LogP contribution >= 0.6 is 0 Å². The Labute approximate surface area is 184 Å². The van der Waals surface area contributed by atoms with Crippen LogP contribution < -0.4 is 0 Å². The Morgan fingerprint density at radius 3 is 0.903 bits per heavy atom. The van der Waals surface area contributed by atoms with Gasteiger partial charge in [0.05, 0.1) is 18.3 Å². The monoisotopic (exact) mass is 412 g/mol. The van der Waals surface area contributed by atoms with Crippen LogP contribution in [0.15, 0.2) is 111 Å². The van der Waals surface area contributed by atoms with E-state index in [-0.39, 0.29) is 5.92 Å². The summed E-state index contributed by atoms with van der Waals surface area (Å²) in [6, 6.07) is 22.9. The molecule has 3 unspecified atom stereocenters. The molecule has 3 N–H and O–H groups in total. The van der Waals surface area contributed by atoms with Crippen molar-refractivity contribution in [3.8, 4) is 0 Å². The van der Waals surface area contributed by atoms with E-state index in [9.17, 15) is 15.3 Å². The van der Waals surface area contributed by atoms with Gasteiger partial charge in [-0.25, -0.2) is 0 Å². The van der Waals surface area contributed by atoms with E-state index in [1.807, 2.05) is 72.8 Å². The van der Waals surface area contributed by atoms with Crippen molar-refractivity contribution < 1.29 is 15.3 Å². The third-order valence-electron chi connectivity index (χ3n) is 5.55. The quantitative estimate of drug-likeness (QED) is 0.320. The summed E-state index contributed by atoms with van der Waals surface area (Å²) < 4.78 is 0. The lowest BCUT2D eigenvalue weighted by atomic mass is 9.77. The van der Waals surface area contributed by atoms with Crippen molar-refractivity contribution in [2.75, 3.05) is 0 Å². The van der Waals surface area contributed by atoms with Gasteiger partial charge in [0.25, 0.3) is 0 Å². The number of benzene rings is 3. The second-order valence-corrected chi connectivity index (χ2v) is 7.36. The van der Waals surface area contributed by atoms with Crippen molar-refractivity contribution in [2.24, 2.45) is 0 Å². The zero-order valence-electron chi connectivity index (χ0n) is 17.4. The number of aliphatic hydroxyl groups is 3. The van der Waals surface area contributed by atoms with Crippen LogP contribution in [0.25, 0.3) is 0 Å². The fourth-order valence-electron chi connectivity index (χ4n) is 4.01. The van der Waals surface area contributed by atoms with E-state index in [1.54, 1.807) is 0 Å². The predicted octanol–water partition coefficient (Wildman–Crippen LogP) is 5.53. The highest BCUT2D eigenvalue weighted by Gasteiger charge is 2.27. The zero-order chi connectivity index (χ0) is 22.4. The molecule has 0 heterocycles. The van der Waals surface area contributed by atoms with E-state index in [1.165, 1.54) is 18.2 Å². The summed E-state index contributed by atoms with van der Waals surface area (Å²) in [5.74, 6) is -0.359. The molecule has 0 amide bonds. The second-order valence-electron chi connectivity index (χ2n) is 7.36. The maximum absolute atomic E-state index is 10.7. The fourth-order valence-corrected chi connectivity index (χ4v) is 4.01. The molecule has 3 heteroatoms. The van der Waals surface area contributed by atoms with Crippen LogP contribution in [0.2, 0.25) is 0 Å². The summed E-state index contributed by atoms with van der Waals surface area (Å²) in [5.41, 5.74) is 4.74. The number of hydrogen-bond donors (Lipinski definition) is 3. The Morgan fingerprint density at radius 2 is 0.677 bits per heavy atom. The van der Waals surface area contributed by atoms with E-state index in [0.717, 1.165) is 16.7 Å². The molecule has 0 radical (unpaired) electrons. The topological polar surface area (TPSA) is 60.7 Å². The molecule has 0 saturated heterocycles. The molecule has 0 bridgehead atoms. The lowest BCUT2D eigenvalue weighted by Gasteiger charge is -2.28. The smallest absolute Gasteiger partial charge is 0.0972 e. The van der Waals surface area contributed by atoms with Gasteiger partial charge in [0, 0.05) is 5.92 Å². The fraction of sp³-hybridized carbons (Fsp3) is 0.143. The van der Waals surface area contributed by atoms with Crippen LogP contribution in [0.4, 0.5) is 0 Å². The first-order chi connectivity index (χ1) is 15.0. The van der Waals surface area contributed by atoms with Gasteiger partial charge in [-0.2, -0.15) is 0 Å². The molecule has 0 aliphatic rings. The van der Waals surface area contributed by atoms with E-state index in [2.05, 4.69) is 19.7 Å². The summed E-state index contributed by atoms with van der Waals surface area (Å²) in [5, 5.41) is 32.0. The van der Waals surface area contributed by atoms with Crippen molar-refractivity contribution in [3.63, 3.8) is 0 Å². The van der Waals surface area contributed by atoms with Gasteiger partial charge in [-0.15, -0.1) is 19.7 Å². The molecule has 3 rings (SSSR count). The standard InChI is InChI=1S/C28H28O3/c1-4-25(29)19-13-7-10-16-22(19)28(23-17-11-8-14-20(23)26(30)5-2)24-18-12-9-15-21(24)27(31)6-3/h4-18,25-31H,1-3H2. The van der Waals surface area contributed by atoms with Crippen LogP contribution in [-0.2, 0) is 0 Å². The molecule has 0 aliphatic carbocycles. The highest BCUT2D eigenvalue weighted by atomic mass is 16.3. The zero-order valence-corrected chi connectivity index (χ0v) is 17.4. The highest BCUT2D eigenvalue weighted by Crippen LogP contribution is 2.41. The molecule has 3 atom stereocenters. The van der Waals surface area contributed by atoms with Crippen LogP contribution in [0, 0.1) is 0 Å². The van der Waals surface area contributed by atoms with E-state index >= 15 is 0 Å². The maximum Gasteiger partial charge on any atom is 0.0972 e. The molecule has 3 nitrogen and oxygen atoms in total. The Hall–Kier alpha value is -3.24. The minimum atomic E-state index is -0.855. The van der Waals surface area contributed by atoms with E-state index in [0.29, 0.717) is 16.7 Å². The molecule has 0 spiro atoms. The first-order valence-corrected chi connectivity index (χ1v) is 10.2. The Balaban J connectivity index is 2.38. The summed E-state index contributed by atoms with van der Waals surface area (Å²) >= 11 is 0. The van der Waals surface area contributed by atoms with Gasteiger partial charge in [0.1, 0.15) is 0 Å². The number of rotatable bonds is 9. The summed E-state index contributed by atoms with van der Waals surface area (Å²) in [7, 11) is 0. The van der Waals surface area contributed by atoms with Gasteiger partial charge in [-0.1, -0.05) is 91.0 Å². The average molecular weight is 413 g/mol. The Morgan fingerprint density at radius 1 is 0.452 bits per heavy atom. The second kappa shape index (κ2) is 10.2. The van der Waals surface area contributed by atoms with Gasteiger partial charge in [0.2, 0.25) is 0 Å². The molecule has 158 valence electrons. The van der Waals surface area contributed by atoms with Crippen LogP contribution in [0.3, 0.4) is 0 Å². The summed E-state index contributed by atoms with van der Waals surface area (Å²) in [6.07, 6.45) is 1.91. The summed E-state index contributed by atoms with van der Waals surface area (Å²) in [4.78, 5) is 0. The maximum atomic E-state index is 10.7. The van der Waals surface area contributed by atoms with Crippen molar-refractivity contribution in [1.82, 2.24) is 0 Å². The lowest BCUT2D eigenvalue weighted by molar-refractivity contribution is 0.225. The normalized spacial score (nSPS) is 14.8. The average Bonchev–Trinajstić information content (AvgIpc) is 2.83. The molecule has 0 aromatic heterocycles. The third kappa shape index (κ3) is 4.59. The molecule has 31 heavy (non-hydrogen) atoms. The minimum Gasteiger partial charge on any atom is -0.384 e. The molecule has 3 aromatic rings. The molecular weight excluding hydrogens is 384 g/mol. The molecule has 0 fully saturated rings. The van der Waals surface area contributed by atoms with Crippen LogP contribution in [0.5, 0.6) is 0 Å². The molecule has 0 saturated carbocycles. The predicted molar refractivity (Wildman–Crippen MR) is 126 cm³/mol. The first-order valence-electron chi connectivity index (χ1n) is 10.2. The van der Waals surface area contributed by atoms with Gasteiger partial charge in [0.15, 0.2) is 0 Å². The largest absolute Gasteiger partial charge is 0.384 e. The van der Waals surface area contributed by atoms with Crippen molar-refractivity contribution in [2.45, 2.75) is 24.2 Å². The van der Waals surface area contributed by atoms with E-state index in [4.69, 9.17) is 0 Å². The molecule has 0 aliphatic heterocycles. The van der Waals surface area contributed by atoms with Gasteiger partial charge >= 0.3 is 0 Å². The van der Waals surface area contributed by atoms with Crippen LogP contribution in [0.1, 0.15) is 57.6 Å². The molecular formula is C28H28O3. The summed E-state index contributed by atoms with van der Waals surface area (Å²) in [6.45, 7) is 11.2. The van der Waals surface area contributed by atoms with Crippen molar-refractivity contribution in [3.05, 3.63) is 144 Å². The highest BCUT2D eigenvalue weighted by molar-refractivity contribution is 5.53. The van der Waals surface area contributed by atoms with Crippen molar-refractivity contribution in [1.29, 1.82) is 0 Å². The van der Waals surface area contributed by atoms with Gasteiger partial charge in [-0.3, -0.25) is 0 Å². The van der Waals surface area contributed by atoms with Gasteiger partial charge in [-0.05, 0) is 33.4 Å². The van der Waals surface area contributed by atoms with Crippen LogP contribution in [-0.4, -0.2) is 15.3 Å². The van der Waals surface area contributed by atoms with E-state index < -0.39 is 18.3 Å². The van der Waals surface area contributed by atoms with Gasteiger partial charge < -0.3 is 15.3 Å². The third-order valence-corrected chi connectivity index (χ3v) is 5.55. The lowest BCUT2D eigenvalue weighted by Crippen LogP contribution is -2.14. The Bertz CT molecular complexity index is 932. The molecule has 3 aromatic carbocycles.